The third-order valence-corrected chi connectivity index (χ3v) is 7.79. The molecule has 0 aliphatic heterocycles. The Morgan fingerprint density at radius 2 is 2.12 bits per heavy atom. The molecular weight excluding hydrogens is 372 g/mol. The fraction of sp³-hybridized carbons (Fsp3) is 0.632. The molecule has 2 unspecified atom stereocenters. The number of carbonyl (C=O) groups is 1. The van der Waals surface area contributed by atoms with Crippen LogP contribution in [0.5, 0.6) is 0 Å². The number of thiazole rings is 1. The quantitative estimate of drug-likeness (QED) is 0.590. The number of hydrogen-bond donors (Lipinski definition) is 0. The van der Waals surface area contributed by atoms with Gasteiger partial charge in [0.1, 0.15) is 6.61 Å². The van der Waals surface area contributed by atoms with Crippen molar-refractivity contribution in [1.82, 2.24) is 9.38 Å². The minimum absolute atomic E-state index is 0.0495. The van der Waals surface area contributed by atoms with Gasteiger partial charge in [-0.15, -0.1) is 22.9 Å². The minimum atomic E-state index is -0.426. The molecule has 0 aromatic carbocycles. The molecule has 0 saturated heterocycles. The molecule has 2 aromatic heterocycles. The van der Waals surface area contributed by atoms with Crippen molar-refractivity contribution in [3.63, 3.8) is 0 Å². The summed E-state index contributed by atoms with van der Waals surface area (Å²) in [7, 11) is 0. The van der Waals surface area contributed by atoms with Crippen LogP contribution in [0.25, 0.3) is 4.96 Å². The summed E-state index contributed by atoms with van der Waals surface area (Å²) in [5.41, 5.74) is 0.821. The molecule has 2 heterocycles. The normalized spacial score (nSPS) is 35.2. The van der Waals surface area contributed by atoms with E-state index in [1.165, 1.54) is 23.8 Å². The lowest BCUT2D eigenvalue weighted by atomic mass is 9.49. The number of esters is 1. The fourth-order valence-electron chi connectivity index (χ4n) is 5.86. The molecule has 2 aromatic rings. The van der Waals surface area contributed by atoms with Gasteiger partial charge in [-0.1, -0.05) is 0 Å². The topological polar surface area (TPSA) is 60.7 Å². The van der Waals surface area contributed by atoms with Crippen LogP contribution in [0.2, 0.25) is 0 Å². The van der Waals surface area contributed by atoms with Crippen LogP contribution >= 0.6 is 22.9 Å². The lowest BCUT2D eigenvalue weighted by Gasteiger charge is -2.58. The monoisotopic (exact) mass is 392 g/mol. The molecule has 4 fully saturated rings. The number of aryl methyl sites for hydroxylation is 1. The predicted octanol–water partition coefficient (Wildman–Crippen LogP) is 3.69. The number of halogens is 1. The van der Waals surface area contributed by atoms with Crippen molar-refractivity contribution in [2.75, 3.05) is 0 Å². The maximum atomic E-state index is 13.0. The zero-order chi connectivity index (χ0) is 18.1. The Kier molecular flexibility index (Phi) is 3.58. The van der Waals surface area contributed by atoms with Crippen LogP contribution < -0.4 is 5.56 Å². The van der Waals surface area contributed by atoms with Gasteiger partial charge in [-0.25, -0.2) is 4.98 Å². The van der Waals surface area contributed by atoms with Gasteiger partial charge in [0.25, 0.3) is 5.56 Å². The minimum Gasteiger partial charge on any atom is -0.459 e. The summed E-state index contributed by atoms with van der Waals surface area (Å²) in [6.45, 7) is 1.93. The molecule has 4 bridgehead atoms. The first-order valence-electron chi connectivity index (χ1n) is 9.19. The summed E-state index contributed by atoms with van der Waals surface area (Å²) in [4.78, 5) is 30.1. The highest BCUT2D eigenvalue weighted by molar-refractivity contribution is 7.15. The van der Waals surface area contributed by atoms with Crippen LogP contribution in [0, 0.1) is 24.2 Å². The van der Waals surface area contributed by atoms with Crippen molar-refractivity contribution >= 4 is 33.9 Å². The first kappa shape index (κ1) is 16.8. The second kappa shape index (κ2) is 5.55. The van der Waals surface area contributed by atoms with E-state index >= 15 is 0 Å². The largest absolute Gasteiger partial charge is 0.459 e. The maximum absolute atomic E-state index is 13.0. The Labute approximate surface area is 160 Å². The van der Waals surface area contributed by atoms with E-state index in [0.29, 0.717) is 22.5 Å². The van der Waals surface area contributed by atoms with Gasteiger partial charge in [0.2, 0.25) is 0 Å². The SMILES string of the molecule is Cc1csc2nc(COC(=O)C34CC5CC(CC(Cl)(C5)C3)C4)cc(=O)n12. The van der Waals surface area contributed by atoms with Gasteiger partial charge in [0.05, 0.1) is 11.1 Å². The highest BCUT2D eigenvalue weighted by Gasteiger charge is 2.60. The van der Waals surface area contributed by atoms with Crippen molar-refractivity contribution in [1.29, 1.82) is 0 Å². The number of nitrogens with zero attached hydrogens (tertiary/aromatic N) is 2. The van der Waals surface area contributed by atoms with Gasteiger partial charge < -0.3 is 4.74 Å². The number of alkyl halides is 1. The van der Waals surface area contributed by atoms with E-state index in [2.05, 4.69) is 4.98 Å². The van der Waals surface area contributed by atoms with Crippen molar-refractivity contribution in [2.45, 2.75) is 56.9 Å². The van der Waals surface area contributed by atoms with E-state index in [1.807, 2.05) is 12.3 Å². The Morgan fingerprint density at radius 3 is 2.81 bits per heavy atom. The van der Waals surface area contributed by atoms with Crippen LogP contribution in [0.1, 0.15) is 49.9 Å². The molecular formula is C19H21ClN2O3S. The third-order valence-electron chi connectivity index (χ3n) is 6.40. The molecule has 26 heavy (non-hydrogen) atoms. The highest BCUT2D eigenvalue weighted by atomic mass is 35.5. The Bertz CT molecular complexity index is 951. The Hall–Kier alpha value is -1.40. The van der Waals surface area contributed by atoms with E-state index in [9.17, 15) is 9.59 Å². The number of rotatable bonds is 3. The van der Waals surface area contributed by atoms with Crippen LogP contribution in [-0.2, 0) is 16.1 Å². The van der Waals surface area contributed by atoms with Gasteiger partial charge in [0.15, 0.2) is 4.96 Å². The summed E-state index contributed by atoms with van der Waals surface area (Å²) < 4.78 is 7.24. The summed E-state index contributed by atoms with van der Waals surface area (Å²) >= 11 is 8.22. The predicted molar refractivity (Wildman–Crippen MR) is 99.6 cm³/mol. The van der Waals surface area contributed by atoms with Crippen LogP contribution in [-0.4, -0.2) is 20.2 Å². The van der Waals surface area contributed by atoms with Gasteiger partial charge in [0, 0.05) is 22.0 Å². The Balaban J connectivity index is 1.36. The molecule has 138 valence electrons. The molecule has 0 N–H and O–H groups in total. The van der Waals surface area contributed by atoms with Crippen LogP contribution in [0.3, 0.4) is 0 Å². The first-order chi connectivity index (χ1) is 12.4. The summed E-state index contributed by atoms with van der Waals surface area (Å²) in [5, 5.41) is 1.90. The lowest BCUT2D eigenvalue weighted by Crippen LogP contribution is -2.56. The maximum Gasteiger partial charge on any atom is 0.312 e. The van der Waals surface area contributed by atoms with Crippen molar-refractivity contribution in [3.8, 4) is 0 Å². The Morgan fingerprint density at radius 1 is 1.38 bits per heavy atom. The van der Waals surface area contributed by atoms with Crippen molar-refractivity contribution in [3.05, 3.63) is 33.2 Å². The van der Waals surface area contributed by atoms with Crippen molar-refractivity contribution in [2.24, 2.45) is 17.3 Å². The summed E-state index contributed by atoms with van der Waals surface area (Å²) in [6, 6.07) is 1.46. The number of hydrogen-bond acceptors (Lipinski definition) is 5. The van der Waals surface area contributed by atoms with E-state index in [4.69, 9.17) is 16.3 Å². The third kappa shape index (κ3) is 2.53. The van der Waals surface area contributed by atoms with E-state index < -0.39 is 5.41 Å². The van der Waals surface area contributed by atoms with E-state index in [1.54, 1.807) is 4.40 Å². The number of aromatic nitrogens is 2. The molecule has 2 atom stereocenters. The fourth-order valence-corrected chi connectivity index (χ4v) is 7.44. The molecule has 4 aliphatic carbocycles. The molecule has 5 nitrogen and oxygen atoms in total. The molecule has 7 heteroatoms. The van der Waals surface area contributed by atoms with Gasteiger partial charge in [-0.2, -0.15) is 0 Å². The lowest BCUT2D eigenvalue weighted by molar-refractivity contribution is -0.171. The summed E-state index contributed by atoms with van der Waals surface area (Å²) in [6.07, 6.45) is 5.80. The molecule has 0 spiro atoms. The molecule has 0 radical (unpaired) electrons. The number of carbonyl (C=O) groups excluding carboxylic acids is 1. The van der Waals surface area contributed by atoms with Crippen LogP contribution in [0.4, 0.5) is 0 Å². The number of fused-ring (bicyclic) bond motifs is 1. The second-order valence-corrected chi connectivity index (χ2v) is 10.2. The molecule has 0 amide bonds. The molecule has 6 rings (SSSR count). The van der Waals surface area contributed by atoms with Gasteiger partial charge in [-0.05, 0) is 57.3 Å². The van der Waals surface area contributed by atoms with Gasteiger partial charge in [-0.3, -0.25) is 14.0 Å². The first-order valence-corrected chi connectivity index (χ1v) is 10.4. The molecule has 4 aliphatic rings. The average molecular weight is 393 g/mol. The van der Waals surface area contributed by atoms with Crippen LogP contribution in [0.15, 0.2) is 16.2 Å². The average Bonchev–Trinajstić information content (AvgIpc) is 2.92. The van der Waals surface area contributed by atoms with Crippen molar-refractivity contribution < 1.29 is 9.53 Å². The van der Waals surface area contributed by atoms with Gasteiger partial charge >= 0.3 is 5.97 Å². The smallest absolute Gasteiger partial charge is 0.312 e. The second-order valence-electron chi connectivity index (χ2n) is 8.55. The standard InChI is InChI=1S/C19H21ClN2O3S/c1-11-9-26-17-21-14(3-15(23)22(11)17)8-25-16(24)18-4-12-2-13(5-18)7-19(20,6-12)10-18/h3,9,12-13H,2,4-8,10H2,1H3. The molecule has 4 saturated carbocycles. The van der Waals surface area contributed by atoms with E-state index in [0.717, 1.165) is 37.8 Å². The van der Waals surface area contributed by atoms with E-state index in [-0.39, 0.29) is 23.0 Å². The summed E-state index contributed by atoms with van der Waals surface area (Å²) in [5.74, 6) is 0.949. The zero-order valence-corrected chi connectivity index (χ0v) is 16.2. The number of ether oxygens (including phenoxy) is 1. The zero-order valence-electron chi connectivity index (χ0n) is 14.7. The highest BCUT2D eigenvalue weighted by Crippen LogP contribution is 2.64.